The maximum Gasteiger partial charge on any atom is 0.573 e. The van der Waals surface area contributed by atoms with Crippen molar-refractivity contribution in [3.05, 3.63) is 81.7 Å². The van der Waals surface area contributed by atoms with Crippen molar-refractivity contribution in [3.63, 3.8) is 0 Å². The molecule has 1 unspecified atom stereocenters. The van der Waals surface area contributed by atoms with E-state index in [4.69, 9.17) is 4.74 Å². The Morgan fingerprint density at radius 2 is 1.90 bits per heavy atom. The minimum absolute atomic E-state index is 0.0295. The number of carbonyl (C=O) groups excluding carboxylic acids is 1. The number of halogens is 5. The molecule has 0 saturated heterocycles. The first kappa shape index (κ1) is 30.0. The van der Waals surface area contributed by atoms with Gasteiger partial charge in [-0.3, -0.25) is 8.86 Å². The van der Waals surface area contributed by atoms with Crippen LogP contribution < -0.4 is 9.04 Å². The Balaban J connectivity index is 1.56. The Hall–Kier alpha value is -3.49. The fourth-order valence-corrected chi connectivity index (χ4v) is 5.56. The molecule has 5 rings (SSSR count). The summed E-state index contributed by atoms with van der Waals surface area (Å²) in [5.41, 5.74) is 2.90. The summed E-state index contributed by atoms with van der Waals surface area (Å²) in [6.45, 7) is 1.76. The molecule has 8 nitrogen and oxygen atoms in total. The van der Waals surface area contributed by atoms with E-state index in [-0.39, 0.29) is 41.2 Å². The van der Waals surface area contributed by atoms with Crippen LogP contribution in [0.1, 0.15) is 47.2 Å². The number of pyridine rings is 1. The molecule has 1 saturated carbocycles. The van der Waals surface area contributed by atoms with E-state index in [1.165, 1.54) is 45.2 Å². The zero-order chi connectivity index (χ0) is 30.2. The molecule has 0 radical (unpaired) electrons. The Bertz CT molecular complexity index is 1660. The molecule has 0 aliphatic heterocycles. The van der Waals surface area contributed by atoms with E-state index in [2.05, 4.69) is 25.8 Å². The lowest BCUT2D eigenvalue weighted by molar-refractivity contribution is -0.274. The quantitative estimate of drug-likeness (QED) is 0.111. The molecule has 1 fully saturated rings. The standard InChI is InChI=1S/C28H24BrF4N3O5S/c1-2-40-27(37)25-22-14-20(17-4-5-17)23(15-35(22)34-26(25)18-6-8-19(30)9-7-18)36(42(38)39)12-11-16-3-10-21(29)24(13-16)41-28(31,32)33/h3,6-10,13-15,17H,2,4-5,11-12H2,1H3,(H,38,39). The normalized spacial score (nSPS) is 14.2. The van der Waals surface area contributed by atoms with Gasteiger partial charge in [0.25, 0.3) is 11.3 Å². The third-order valence-electron chi connectivity index (χ3n) is 6.68. The number of ether oxygens (including phenoxy) is 2. The number of esters is 1. The number of carbonyl (C=O) groups is 1. The topological polar surface area (TPSA) is 93.4 Å². The van der Waals surface area contributed by atoms with Gasteiger partial charge in [0.15, 0.2) is 0 Å². The maximum absolute atomic E-state index is 13.6. The van der Waals surface area contributed by atoms with Crippen LogP contribution in [0, 0.1) is 5.82 Å². The van der Waals surface area contributed by atoms with Gasteiger partial charge in [0.2, 0.25) is 0 Å². The Labute approximate surface area is 248 Å². The van der Waals surface area contributed by atoms with Crippen molar-refractivity contribution < 1.29 is 40.6 Å². The molecule has 14 heteroatoms. The van der Waals surface area contributed by atoms with E-state index in [0.29, 0.717) is 22.3 Å². The van der Waals surface area contributed by atoms with Crippen LogP contribution >= 0.6 is 15.9 Å². The molecule has 222 valence electrons. The first-order valence-corrected chi connectivity index (χ1v) is 14.7. The summed E-state index contributed by atoms with van der Waals surface area (Å²) in [7, 11) is 0. The number of nitrogens with zero attached hydrogens (tertiary/aromatic N) is 3. The monoisotopic (exact) mass is 669 g/mol. The average Bonchev–Trinajstić information content (AvgIpc) is 3.70. The van der Waals surface area contributed by atoms with Gasteiger partial charge in [0, 0.05) is 12.1 Å². The molecule has 2 aromatic carbocycles. The third-order valence-corrected chi connectivity index (χ3v) is 8.09. The molecule has 1 aliphatic carbocycles. The van der Waals surface area contributed by atoms with Gasteiger partial charge >= 0.3 is 12.3 Å². The van der Waals surface area contributed by atoms with Crippen LogP contribution in [0.5, 0.6) is 5.75 Å². The second-order valence-corrected chi connectivity index (χ2v) is 11.3. The van der Waals surface area contributed by atoms with Crippen molar-refractivity contribution in [2.75, 3.05) is 17.5 Å². The van der Waals surface area contributed by atoms with Crippen molar-refractivity contribution in [2.45, 2.75) is 38.5 Å². The minimum atomic E-state index is -4.88. The van der Waals surface area contributed by atoms with Crippen LogP contribution in [0.3, 0.4) is 0 Å². The summed E-state index contributed by atoms with van der Waals surface area (Å²) in [6, 6.07) is 11.4. The molecule has 0 amide bonds. The molecular formula is C28H24BrF4N3O5S. The number of rotatable bonds is 10. The van der Waals surface area contributed by atoms with Crippen molar-refractivity contribution in [1.82, 2.24) is 9.61 Å². The molecule has 1 aliphatic rings. The van der Waals surface area contributed by atoms with E-state index < -0.39 is 35.2 Å². The number of aromatic nitrogens is 2. The van der Waals surface area contributed by atoms with Gasteiger partial charge in [-0.1, -0.05) is 6.07 Å². The van der Waals surface area contributed by atoms with Crippen molar-refractivity contribution in [3.8, 4) is 17.0 Å². The highest BCUT2D eigenvalue weighted by molar-refractivity contribution is 9.10. The predicted molar refractivity (Wildman–Crippen MR) is 151 cm³/mol. The van der Waals surface area contributed by atoms with Crippen molar-refractivity contribution in [2.24, 2.45) is 0 Å². The average molecular weight is 670 g/mol. The number of fused-ring (bicyclic) bond motifs is 1. The number of benzene rings is 2. The summed E-state index contributed by atoms with van der Waals surface area (Å²) < 4.78 is 87.1. The Kier molecular flexibility index (Phi) is 8.58. The van der Waals surface area contributed by atoms with Crippen LogP contribution in [0.15, 0.2) is 59.2 Å². The predicted octanol–water partition coefficient (Wildman–Crippen LogP) is 7.04. The number of hydrogen-bond acceptors (Lipinski definition) is 5. The first-order chi connectivity index (χ1) is 19.9. The van der Waals surface area contributed by atoms with Crippen molar-refractivity contribution in [1.29, 1.82) is 0 Å². The highest BCUT2D eigenvalue weighted by atomic mass is 79.9. The van der Waals surface area contributed by atoms with Crippen LogP contribution in [0.25, 0.3) is 16.8 Å². The zero-order valence-corrected chi connectivity index (χ0v) is 24.4. The lowest BCUT2D eigenvalue weighted by Crippen LogP contribution is -2.29. The van der Waals surface area contributed by atoms with Gasteiger partial charge in [0.1, 0.15) is 22.8 Å². The van der Waals surface area contributed by atoms with E-state index in [1.54, 1.807) is 25.3 Å². The van der Waals surface area contributed by atoms with E-state index >= 15 is 0 Å². The molecule has 0 spiro atoms. The number of alkyl halides is 3. The summed E-state index contributed by atoms with van der Waals surface area (Å²) >= 11 is 0.535. The van der Waals surface area contributed by atoms with Crippen LogP contribution in [-0.2, 0) is 22.4 Å². The van der Waals surface area contributed by atoms with Crippen LogP contribution in [0.4, 0.5) is 23.2 Å². The van der Waals surface area contributed by atoms with E-state index in [0.717, 1.165) is 18.4 Å². The second-order valence-electron chi connectivity index (χ2n) is 9.56. The lowest BCUT2D eigenvalue weighted by atomic mass is 10.0. The highest BCUT2D eigenvalue weighted by Gasteiger charge is 2.33. The fourth-order valence-electron chi connectivity index (χ4n) is 4.66. The molecule has 1 N–H and O–H groups in total. The minimum Gasteiger partial charge on any atom is -0.462 e. The molecule has 0 bridgehead atoms. The zero-order valence-electron chi connectivity index (χ0n) is 22.0. The van der Waals surface area contributed by atoms with Crippen LogP contribution in [0.2, 0.25) is 0 Å². The lowest BCUT2D eigenvalue weighted by Gasteiger charge is -2.23. The van der Waals surface area contributed by atoms with Gasteiger partial charge in [-0.25, -0.2) is 17.9 Å². The number of anilines is 1. The molecule has 2 heterocycles. The van der Waals surface area contributed by atoms with E-state index in [1.807, 2.05) is 0 Å². The highest BCUT2D eigenvalue weighted by Crippen LogP contribution is 2.46. The van der Waals surface area contributed by atoms with Crippen molar-refractivity contribution >= 4 is 44.4 Å². The Morgan fingerprint density at radius 3 is 2.52 bits per heavy atom. The smallest absolute Gasteiger partial charge is 0.462 e. The first-order valence-electron chi connectivity index (χ1n) is 12.9. The fraction of sp³-hybridized carbons (Fsp3) is 0.286. The second kappa shape index (κ2) is 12.0. The summed E-state index contributed by atoms with van der Waals surface area (Å²) in [4.78, 5) is 13.1. The van der Waals surface area contributed by atoms with Gasteiger partial charge in [-0.05, 0) is 102 Å². The summed E-state index contributed by atoms with van der Waals surface area (Å²) in [5.74, 6) is -1.43. The maximum atomic E-state index is 13.6. The molecule has 2 aromatic heterocycles. The summed E-state index contributed by atoms with van der Waals surface area (Å²) in [5, 5.41) is 4.57. The molecule has 4 aromatic rings. The molecule has 42 heavy (non-hydrogen) atoms. The SMILES string of the molecule is CCOC(=O)c1c(-c2ccc(F)cc2)nn2cc(N(CCc3ccc(Br)c(OC(F)(F)F)c3)S(=O)O)c(C3CC3)cc12. The van der Waals surface area contributed by atoms with Gasteiger partial charge in [-0.2, -0.15) is 5.10 Å². The van der Waals surface area contributed by atoms with Crippen LogP contribution in [-0.4, -0.2) is 43.9 Å². The van der Waals surface area contributed by atoms with Gasteiger partial charge < -0.3 is 9.47 Å². The molecule has 1 atom stereocenters. The third kappa shape index (κ3) is 6.60. The van der Waals surface area contributed by atoms with Gasteiger partial charge in [0.05, 0.1) is 28.5 Å². The number of hydrogen-bond donors (Lipinski definition) is 1. The van der Waals surface area contributed by atoms with Gasteiger partial charge in [-0.15, -0.1) is 13.2 Å². The van der Waals surface area contributed by atoms with E-state index in [9.17, 15) is 31.1 Å². The largest absolute Gasteiger partial charge is 0.573 e. The molecular weight excluding hydrogens is 646 g/mol. The summed E-state index contributed by atoms with van der Waals surface area (Å²) in [6.07, 6.45) is -1.56. The Morgan fingerprint density at radius 1 is 1.19 bits per heavy atom.